The zero-order valence-corrected chi connectivity index (χ0v) is 13.1. The van der Waals surface area contributed by atoms with E-state index >= 15 is 0 Å². The molecule has 0 unspecified atom stereocenters. The lowest BCUT2D eigenvalue weighted by atomic mass is 9.93. The Morgan fingerprint density at radius 1 is 1.35 bits per heavy atom. The third-order valence-electron chi connectivity index (χ3n) is 2.92. The highest BCUT2D eigenvalue weighted by Gasteiger charge is 2.17. The maximum atomic E-state index is 11.3. The van der Waals surface area contributed by atoms with Crippen molar-refractivity contribution in [3.63, 3.8) is 0 Å². The average molecular weight is 289 g/mol. The van der Waals surface area contributed by atoms with Crippen molar-refractivity contribution >= 4 is 17.1 Å². The fourth-order valence-electron chi connectivity index (χ4n) is 1.67. The van der Waals surface area contributed by atoms with Crippen LogP contribution in [0.1, 0.15) is 48.8 Å². The summed E-state index contributed by atoms with van der Waals surface area (Å²) in [5.74, 6) is 0.741. The van der Waals surface area contributed by atoms with Crippen LogP contribution in [0.3, 0.4) is 0 Å². The Kier molecular flexibility index (Phi) is 4.23. The van der Waals surface area contributed by atoms with Gasteiger partial charge in [-0.3, -0.25) is 4.79 Å². The summed E-state index contributed by atoms with van der Waals surface area (Å²) in [7, 11) is 0. The zero-order chi connectivity index (χ0) is 14.8. The number of Topliss-reactive ketones (excluding diaryl/α,β-unsaturated/α-hetero) is 1. The lowest BCUT2D eigenvalue weighted by Crippen LogP contribution is -2.11. The number of carbonyl (C=O) groups excluding carboxylic acids is 1. The summed E-state index contributed by atoms with van der Waals surface area (Å²) in [6.45, 7) is 8.41. The first-order chi connectivity index (χ1) is 9.36. The van der Waals surface area contributed by atoms with Gasteiger partial charge < -0.3 is 4.74 Å². The van der Waals surface area contributed by atoms with Crippen LogP contribution in [0.2, 0.25) is 0 Å². The highest BCUT2D eigenvalue weighted by molar-refractivity contribution is 7.09. The molecule has 0 saturated carbocycles. The summed E-state index contributed by atoms with van der Waals surface area (Å²) in [5, 5.41) is 3.02. The molecule has 0 radical (unpaired) electrons. The second-order valence-electron chi connectivity index (χ2n) is 5.75. The van der Waals surface area contributed by atoms with E-state index < -0.39 is 0 Å². The number of rotatable bonds is 4. The third kappa shape index (κ3) is 3.67. The van der Waals surface area contributed by atoms with Crippen LogP contribution in [0.5, 0.6) is 5.75 Å². The highest BCUT2D eigenvalue weighted by atomic mass is 32.1. The van der Waals surface area contributed by atoms with Crippen molar-refractivity contribution in [3.05, 3.63) is 45.9 Å². The average Bonchev–Trinajstić information content (AvgIpc) is 2.85. The first-order valence-electron chi connectivity index (χ1n) is 6.55. The van der Waals surface area contributed by atoms with Crippen molar-refractivity contribution in [2.45, 2.75) is 39.7 Å². The predicted octanol–water partition coefficient (Wildman–Crippen LogP) is 4.22. The first-order valence-corrected chi connectivity index (χ1v) is 7.43. The number of aromatic nitrogens is 1. The molecule has 4 heteroatoms. The van der Waals surface area contributed by atoms with E-state index in [2.05, 4.69) is 31.1 Å². The monoisotopic (exact) mass is 289 g/mol. The summed E-state index contributed by atoms with van der Waals surface area (Å²) < 4.78 is 5.70. The minimum absolute atomic E-state index is 0.0414. The number of hydrogen-bond acceptors (Lipinski definition) is 4. The van der Waals surface area contributed by atoms with E-state index in [0.29, 0.717) is 17.9 Å². The summed E-state index contributed by atoms with van der Waals surface area (Å²) in [5.41, 5.74) is 1.80. The largest absolute Gasteiger partial charge is 0.486 e. The maximum absolute atomic E-state index is 11.3. The Balaban J connectivity index is 2.04. The Morgan fingerprint density at radius 3 is 2.70 bits per heavy atom. The van der Waals surface area contributed by atoms with E-state index in [0.717, 1.165) is 10.7 Å². The molecule has 0 N–H and O–H groups in total. The van der Waals surface area contributed by atoms with Crippen molar-refractivity contribution in [1.82, 2.24) is 4.98 Å². The van der Waals surface area contributed by atoms with Crippen molar-refractivity contribution in [1.29, 1.82) is 0 Å². The molecule has 0 fully saturated rings. The molecule has 3 nitrogen and oxygen atoms in total. The molecule has 0 amide bonds. The van der Waals surface area contributed by atoms with Crippen molar-refractivity contribution in [2.75, 3.05) is 0 Å². The second kappa shape index (κ2) is 5.75. The molecular formula is C16H19NO2S. The SMILES string of the molecule is CC(=O)c1cccc(OCc2nc(C(C)(C)C)cs2)c1. The molecule has 106 valence electrons. The van der Waals surface area contributed by atoms with Crippen molar-refractivity contribution in [2.24, 2.45) is 0 Å². The number of ketones is 1. The van der Waals surface area contributed by atoms with Crippen LogP contribution >= 0.6 is 11.3 Å². The van der Waals surface area contributed by atoms with E-state index in [1.54, 1.807) is 30.4 Å². The zero-order valence-electron chi connectivity index (χ0n) is 12.3. The van der Waals surface area contributed by atoms with E-state index in [1.165, 1.54) is 0 Å². The van der Waals surface area contributed by atoms with Crippen LogP contribution in [0.25, 0.3) is 0 Å². The van der Waals surface area contributed by atoms with Crippen molar-refractivity contribution in [3.8, 4) is 5.75 Å². The maximum Gasteiger partial charge on any atom is 0.159 e. The summed E-state index contributed by atoms with van der Waals surface area (Å²) >= 11 is 1.60. The third-order valence-corrected chi connectivity index (χ3v) is 3.75. The number of hydrogen-bond donors (Lipinski definition) is 0. The molecule has 0 aliphatic carbocycles. The van der Waals surface area contributed by atoms with E-state index in [1.807, 2.05) is 12.1 Å². The van der Waals surface area contributed by atoms with E-state index in [9.17, 15) is 4.79 Å². The van der Waals surface area contributed by atoms with Crippen LogP contribution in [0.15, 0.2) is 29.6 Å². The molecule has 1 aromatic heterocycles. The summed E-state index contributed by atoms with van der Waals surface area (Å²) in [6, 6.07) is 7.23. The van der Waals surface area contributed by atoms with E-state index in [-0.39, 0.29) is 11.2 Å². The van der Waals surface area contributed by atoms with Crippen molar-refractivity contribution < 1.29 is 9.53 Å². The normalized spacial score (nSPS) is 11.4. The molecule has 1 aromatic carbocycles. The number of thiazole rings is 1. The van der Waals surface area contributed by atoms with Gasteiger partial charge in [0.2, 0.25) is 0 Å². The van der Waals surface area contributed by atoms with Gasteiger partial charge in [-0.2, -0.15) is 0 Å². The fourth-order valence-corrected chi connectivity index (χ4v) is 2.60. The van der Waals surface area contributed by atoms with Gasteiger partial charge in [0.05, 0.1) is 5.69 Å². The molecular weight excluding hydrogens is 270 g/mol. The van der Waals surface area contributed by atoms with Crippen LogP contribution < -0.4 is 4.74 Å². The second-order valence-corrected chi connectivity index (χ2v) is 6.69. The molecule has 1 heterocycles. The topological polar surface area (TPSA) is 39.2 Å². The Bertz CT molecular complexity index is 611. The quantitative estimate of drug-likeness (QED) is 0.791. The van der Waals surface area contributed by atoms with Gasteiger partial charge in [0.15, 0.2) is 5.78 Å². The minimum Gasteiger partial charge on any atom is -0.486 e. The molecule has 0 spiro atoms. The number of nitrogens with zero attached hydrogens (tertiary/aromatic N) is 1. The van der Waals surface area contributed by atoms with Gasteiger partial charge in [0.25, 0.3) is 0 Å². The summed E-state index contributed by atoms with van der Waals surface area (Å²) in [6.07, 6.45) is 0. The smallest absolute Gasteiger partial charge is 0.159 e. The van der Waals surface area contributed by atoms with Crippen LogP contribution in [0, 0.1) is 0 Å². The Morgan fingerprint density at radius 2 is 2.10 bits per heavy atom. The van der Waals surface area contributed by atoms with Gasteiger partial charge in [-0.1, -0.05) is 32.9 Å². The Labute approximate surface area is 123 Å². The van der Waals surface area contributed by atoms with Gasteiger partial charge in [0, 0.05) is 16.4 Å². The van der Waals surface area contributed by atoms with Gasteiger partial charge in [-0.15, -0.1) is 11.3 Å². The molecule has 2 aromatic rings. The van der Waals surface area contributed by atoms with Gasteiger partial charge >= 0.3 is 0 Å². The molecule has 0 atom stereocenters. The lowest BCUT2D eigenvalue weighted by Gasteiger charge is -2.14. The molecule has 2 rings (SSSR count). The molecule has 20 heavy (non-hydrogen) atoms. The molecule has 0 aliphatic rings. The Hall–Kier alpha value is -1.68. The highest BCUT2D eigenvalue weighted by Crippen LogP contribution is 2.24. The molecule has 0 bridgehead atoms. The first kappa shape index (κ1) is 14.7. The number of carbonyl (C=O) groups is 1. The lowest BCUT2D eigenvalue weighted by molar-refractivity contribution is 0.101. The molecule has 0 aliphatic heterocycles. The predicted molar refractivity (Wildman–Crippen MR) is 81.6 cm³/mol. The number of benzene rings is 1. The van der Waals surface area contributed by atoms with E-state index in [4.69, 9.17) is 4.74 Å². The van der Waals surface area contributed by atoms with Gasteiger partial charge in [-0.05, 0) is 19.1 Å². The molecule has 0 saturated heterocycles. The fraction of sp³-hybridized carbons (Fsp3) is 0.375. The van der Waals surface area contributed by atoms with Crippen LogP contribution in [-0.4, -0.2) is 10.8 Å². The number of ether oxygens (including phenoxy) is 1. The summed E-state index contributed by atoms with van der Waals surface area (Å²) in [4.78, 5) is 15.9. The van der Waals surface area contributed by atoms with Crippen LogP contribution in [-0.2, 0) is 12.0 Å². The minimum atomic E-state index is 0.0414. The standard InChI is InChI=1S/C16H19NO2S/c1-11(18)12-6-5-7-13(8-12)19-9-15-17-14(10-20-15)16(2,3)4/h5-8,10H,9H2,1-4H3. The van der Waals surface area contributed by atoms with Gasteiger partial charge in [0.1, 0.15) is 17.4 Å². The van der Waals surface area contributed by atoms with Gasteiger partial charge in [-0.25, -0.2) is 4.98 Å². The van der Waals surface area contributed by atoms with Crippen LogP contribution in [0.4, 0.5) is 0 Å².